The lowest BCUT2D eigenvalue weighted by molar-refractivity contribution is 0.125. The Labute approximate surface area is 279 Å². The van der Waals surface area contributed by atoms with Crippen LogP contribution in [0.1, 0.15) is 194 Å². The number of rotatable bonds is 35. The molecule has 0 N–H and O–H groups in total. The molecular weight excluding hydrogens is 561 g/mol. The lowest BCUT2D eigenvalue weighted by Gasteiger charge is -2.05. The fourth-order valence-corrected chi connectivity index (χ4v) is 5.87. The average molecular weight is 641 g/mol. The van der Waals surface area contributed by atoms with Crippen molar-refractivity contribution in [2.24, 2.45) is 0 Å². The number of hydrogen-bond donors (Lipinski definition) is 0. The van der Waals surface area contributed by atoms with Gasteiger partial charge in [-0.1, -0.05) is 154 Å². The molecule has 0 amide bonds. The van der Waals surface area contributed by atoms with E-state index in [1.54, 1.807) is 21.3 Å². The Balaban J connectivity index is 0. The zero-order chi connectivity index (χ0) is 32.4. The quantitative estimate of drug-likeness (QED) is 0.0392. The van der Waals surface area contributed by atoms with Crippen LogP contribution in [0.5, 0.6) is 0 Å². The van der Waals surface area contributed by atoms with Crippen LogP contribution in [0.15, 0.2) is 24.3 Å². The Kier molecular flexibility index (Phi) is 46.3. The molecule has 0 aromatic heterocycles. The molecule has 0 aliphatic heterocycles. The van der Waals surface area contributed by atoms with Crippen LogP contribution in [0.25, 0.3) is 0 Å². The first-order valence-electron chi connectivity index (χ1n) is 19.2. The lowest BCUT2D eigenvalue weighted by atomic mass is 10.1. The smallest absolute Gasteiger partial charge is 0.381 e. The third-order valence-corrected chi connectivity index (χ3v) is 9.33. The molecule has 4 nitrogen and oxygen atoms in total. The van der Waals surface area contributed by atoms with Crippen LogP contribution in [0, 0.1) is 0 Å². The molecule has 264 valence electrons. The molecule has 5 heteroatoms. The first-order valence-corrected chi connectivity index (χ1v) is 20.6. The van der Waals surface area contributed by atoms with E-state index in [1.807, 2.05) is 0 Å². The van der Waals surface area contributed by atoms with E-state index >= 15 is 0 Å². The Hall–Kier alpha value is -0.463. The third-order valence-electron chi connectivity index (χ3n) is 8.18. The predicted molar refractivity (Wildman–Crippen MR) is 198 cm³/mol. The van der Waals surface area contributed by atoms with Crippen molar-refractivity contribution in [2.45, 2.75) is 194 Å². The summed E-state index contributed by atoms with van der Waals surface area (Å²) in [6, 6.07) is 0. The average Bonchev–Trinajstić information content (AvgIpc) is 3.04. The molecule has 44 heavy (non-hydrogen) atoms. The fraction of sp³-hybridized carbons (Fsp3) is 0.897. The van der Waals surface area contributed by atoms with Crippen LogP contribution in [0.4, 0.5) is 0 Å². The number of hydrogen-bond acceptors (Lipinski definition) is 4. The minimum atomic E-state index is -1.67. The van der Waals surface area contributed by atoms with Crippen LogP contribution < -0.4 is 0 Å². The Morgan fingerprint density at radius 3 is 0.841 bits per heavy atom. The molecule has 0 radical (unpaired) electrons. The summed E-state index contributed by atoms with van der Waals surface area (Å²) in [6.07, 6.45) is 48.1. The number of unbranched alkanes of at least 4 members (excludes halogenated alkanes) is 24. The Morgan fingerprint density at radius 1 is 0.341 bits per heavy atom. The van der Waals surface area contributed by atoms with E-state index in [2.05, 4.69) is 38.2 Å². The van der Waals surface area contributed by atoms with Gasteiger partial charge in [0, 0.05) is 34.5 Å². The molecule has 0 fully saturated rings. The van der Waals surface area contributed by atoms with E-state index in [9.17, 15) is 0 Å². The standard InChI is InChI=1S/C36H70O.C3H10O3Si/c1-3-5-7-9-11-13-15-17-19-21-23-25-27-29-31-33-35-37-36-34-32-30-28-26-24-22-20-18-16-14-12-10-8-6-4-2;1-4-7(5-2)6-3/h17-20H,3-16,21-36H2,1-2H3;7H,1-3H3/b19-17-,20-18-;. The van der Waals surface area contributed by atoms with Gasteiger partial charge in [-0.3, -0.25) is 0 Å². The molecule has 0 bridgehead atoms. The normalized spacial score (nSPS) is 11.7. The summed E-state index contributed by atoms with van der Waals surface area (Å²) in [7, 11) is 3.05. The molecule has 0 aromatic carbocycles. The van der Waals surface area contributed by atoms with Gasteiger partial charge in [-0.05, 0) is 64.2 Å². The topological polar surface area (TPSA) is 36.9 Å². The van der Waals surface area contributed by atoms with Crippen LogP contribution in [0.3, 0.4) is 0 Å². The van der Waals surface area contributed by atoms with Crippen LogP contribution >= 0.6 is 0 Å². The van der Waals surface area contributed by atoms with Gasteiger partial charge in [0.15, 0.2) is 0 Å². The molecule has 0 aliphatic carbocycles. The van der Waals surface area contributed by atoms with E-state index < -0.39 is 9.53 Å². The van der Waals surface area contributed by atoms with Gasteiger partial charge >= 0.3 is 9.53 Å². The van der Waals surface area contributed by atoms with E-state index in [4.69, 9.17) is 18.0 Å². The van der Waals surface area contributed by atoms with Crippen LogP contribution in [0.2, 0.25) is 0 Å². The van der Waals surface area contributed by atoms with Crippen LogP contribution in [-0.4, -0.2) is 44.1 Å². The summed E-state index contributed by atoms with van der Waals surface area (Å²) in [6.45, 7) is 6.54. The summed E-state index contributed by atoms with van der Waals surface area (Å²) in [5, 5.41) is 0. The summed E-state index contributed by atoms with van der Waals surface area (Å²) in [5.74, 6) is 0. The molecule has 0 saturated carbocycles. The second-order valence-electron chi connectivity index (χ2n) is 12.5. The zero-order valence-corrected chi connectivity index (χ0v) is 31.9. The molecular formula is C39H80O4Si. The maximum Gasteiger partial charge on any atom is 0.483 e. The second kappa shape index (κ2) is 44.7. The zero-order valence-electron chi connectivity index (χ0n) is 30.7. The maximum atomic E-state index is 5.85. The largest absolute Gasteiger partial charge is 0.483 e. The van der Waals surface area contributed by atoms with E-state index in [0.717, 1.165) is 13.2 Å². The molecule has 0 rings (SSSR count). The van der Waals surface area contributed by atoms with Gasteiger partial charge in [-0.25, -0.2) is 0 Å². The molecule has 0 aliphatic rings. The van der Waals surface area contributed by atoms with Gasteiger partial charge in [0.1, 0.15) is 0 Å². The minimum absolute atomic E-state index is 0.978. The summed E-state index contributed by atoms with van der Waals surface area (Å²) in [4.78, 5) is 0. The predicted octanol–water partition coefficient (Wildman–Crippen LogP) is 12.7. The van der Waals surface area contributed by atoms with Crippen LogP contribution in [-0.2, 0) is 18.0 Å². The molecule has 0 aromatic rings. The highest BCUT2D eigenvalue weighted by molar-refractivity contribution is 6.36. The van der Waals surface area contributed by atoms with E-state index in [1.165, 1.54) is 180 Å². The van der Waals surface area contributed by atoms with Gasteiger partial charge in [-0.2, -0.15) is 0 Å². The van der Waals surface area contributed by atoms with Gasteiger partial charge in [0.2, 0.25) is 0 Å². The van der Waals surface area contributed by atoms with Crippen molar-refractivity contribution >= 4 is 9.53 Å². The Bertz CT molecular complexity index is 491. The van der Waals surface area contributed by atoms with Gasteiger partial charge < -0.3 is 18.0 Å². The van der Waals surface area contributed by atoms with Crippen molar-refractivity contribution in [3.05, 3.63) is 24.3 Å². The second-order valence-corrected chi connectivity index (χ2v) is 14.5. The van der Waals surface area contributed by atoms with Crippen molar-refractivity contribution in [2.75, 3.05) is 34.5 Å². The highest BCUT2D eigenvalue weighted by atomic mass is 28.3. The monoisotopic (exact) mass is 641 g/mol. The molecule has 0 saturated heterocycles. The summed E-state index contributed by atoms with van der Waals surface area (Å²) in [5.41, 5.74) is 0. The molecule has 0 spiro atoms. The van der Waals surface area contributed by atoms with Crippen molar-refractivity contribution in [1.29, 1.82) is 0 Å². The van der Waals surface area contributed by atoms with Crippen molar-refractivity contribution in [3.8, 4) is 0 Å². The summed E-state index contributed by atoms with van der Waals surface area (Å²) < 4.78 is 20.1. The van der Waals surface area contributed by atoms with Gasteiger partial charge in [0.05, 0.1) is 0 Å². The van der Waals surface area contributed by atoms with Gasteiger partial charge in [0.25, 0.3) is 0 Å². The van der Waals surface area contributed by atoms with E-state index in [0.29, 0.717) is 0 Å². The Morgan fingerprint density at radius 2 is 0.591 bits per heavy atom. The van der Waals surface area contributed by atoms with Crippen molar-refractivity contribution in [3.63, 3.8) is 0 Å². The highest BCUT2D eigenvalue weighted by Gasteiger charge is 2.05. The van der Waals surface area contributed by atoms with E-state index in [-0.39, 0.29) is 0 Å². The first kappa shape index (κ1) is 45.7. The molecule has 0 atom stereocenters. The van der Waals surface area contributed by atoms with Crippen molar-refractivity contribution < 1.29 is 18.0 Å². The first-order chi connectivity index (χ1) is 21.8. The number of allylic oxidation sites excluding steroid dienone is 4. The third kappa shape index (κ3) is 43.7. The highest BCUT2D eigenvalue weighted by Crippen LogP contribution is 2.12. The lowest BCUT2D eigenvalue weighted by Crippen LogP contribution is -2.21. The maximum absolute atomic E-state index is 5.85. The minimum Gasteiger partial charge on any atom is -0.381 e. The fourth-order valence-electron chi connectivity index (χ4n) is 5.29. The SMILES string of the molecule is CCCCCCCC/C=C\CCCCCCCCOCCCCCCCC/C=C\CCCCCCCC.CO[SiH](OC)OC. The van der Waals surface area contributed by atoms with Gasteiger partial charge in [-0.15, -0.1) is 0 Å². The molecule has 0 heterocycles. The summed E-state index contributed by atoms with van der Waals surface area (Å²) >= 11 is 0. The number of ether oxygens (including phenoxy) is 1. The van der Waals surface area contributed by atoms with Crippen molar-refractivity contribution in [1.82, 2.24) is 0 Å². The molecule has 0 unspecified atom stereocenters.